The summed E-state index contributed by atoms with van der Waals surface area (Å²) in [5.41, 5.74) is 0.945. The molecule has 1 fully saturated rings. The van der Waals surface area contributed by atoms with Crippen LogP contribution in [0.4, 0.5) is 0 Å². The quantitative estimate of drug-likeness (QED) is 0.851. The molecule has 1 aromatic heterocycles. The van der Waals surface area contributed by atoms with Gasteiger partial charge in [0.15, 0.2) is 0 Å². The molecule has 1 N–H and O–H groups in total. The summed E-state index contributed by atoms with van der Waals surface area (Å²) in [6.45, 7) is 4.89. The van der Waals surface area contributed by atoms with E-state index in [2.05, 4.69) is 4.90 Å². The predicted octanol–water partition coefficient (Wildman–Crippen LogP) is 3.30. The summed E-state index contributed by atoms with van der Waals surface area (Å²) in [5.74, 6) is 1.85. The zero-order chi connectivity index (χ0) is 16.1. The van der Waals surface area contributed by atoms with Crippen molar-refractivity contribution in [2.45, 2.75) is 38.5 Å². The molecule has 0 saturated carbocycles. The Hall–Kier alpha value is -1.62. The van der Waals surface area contributed by atoms with Gasteiger partial charge in [0.05, 0.1) is 18.8 Å². The van der Waals surface area contributed by atoms with Crippen LogP contribution in [0.5, 0.6) is 0 Å². The predicted molar refractivity (Wildman–Crippen MR) is 89.1 cm³/mol. The number of ether oxygens (including phenoxy) is 1. The number of hydrogen-bond acceptors (Lipinski definition) is 4. The lowest BCUT2D eigenvalue weighted by molar-refractivity contribution is 0.0433. The number of aryl methyl sites for hydroxylation is 1. The van der Waals surface area contributed by atoms with Gasteiger partial charge < -0.3 is 14.3 Å². The van der Waals surface area contributed by atoms with Gasteiger partial charge >= 0.3 is 0 Å². The van der Waals surface area contributed by atoms with E-state index in [1.54, 1.807) is 0 Å². The zero-order valence-electron chi connectivity index (χ0n) is 13.6. The number of aliphatic hydroxyl groups is 1. The lowest BCUT2D eigenvalue weighted by Gasteiger charge is -2.26. The van der Waals surface area contributed by atoms with Crippen LogP contribution in [0, 0.1) is 6.92 Å². The third-order valence-electron chi connectivity index (χ3n) is 4.28. The third kappa shape index (κ3) is 4.67. The van der Waals surface area contributed by atoms with E-state index in [0.29, 0.717) is 13.1 Å². The highest BCUT2D eigenvalue weighted by Gasteiger charge is 2.22. The number of furan rings is 1. The van der Waals surface area contributed by atoms with Crippen LogP contribution < -0.4 is 0 Å². The van der Waals surface area contributed by atoms with Crippen LogP contribution in [-0.2, 0) is 11.3 Å². The second kappa shape index (κ2) is 7.77. The van der Waals surface area contributed by atoms with Crippen molar-refractivity contribution in [1.82, 2.24) is 4.90 Å². The molecule has 2 aromatic rings. The summed E-state index contributed by atoms with van der Waals surface area (Å²) in [4.78, 5) is 2.23. The third-order valence-corrected chi connectivity index (χ3v) is 4.28. The average Bonchev–Trinajstić information content (AvgIpc) is 3.20. The number of aliphatic hydroxyl groups excluding tert-OH is 1. The molecule has 4 heteroatoms. The molecule has 0 amide bonds. The Morgan fingerprint density at radius 1 is 1.22 bits per heavy atom. The Kier molecular flexibility index (Phi) is 5.49. The molecule has 0 radical (unpaired) electrons. The molecule has 0 aliphatic carbocycles. The fourth-order valence-corrected chi connectivity index (χ4v) is 3.10. The van der Waals surface area contributed by atoms with E-state index in [1.807, 2.05) is 49.4 Å². The highest BCUT2D eigenvalue weighted by Crippen LogP contribution is 2.20. The molecule has 0 spiro atoms. The molecule has 1 aliphatic rings. The van der Waals surface area contributed by atoms with Gasteiger partial charge in [-0.15, -0.1) is 0 Å². The Morgan fingerprint density at radius 3 is 2.70 bits per heavy atom. The first-order chi connectivity index (χ1) is 11.2. The zero-order valence-corrected chi connectivity index (χ0v) is 13.6. The van der Waals surface area contributed by atoms with Gasteiger partial charge in [-0.25, -0.2) is 0 Å². The lowest BCUT2D eigenvalue weighted by atomic mass is 10.1. The first-order valence-corrected chi connectivity index (χ1v) is 8.33. The minimum absolute atomic E-state index is 0.258. The minimum Gasteiger partial charge on any atom is -0.465 e. The molecule has 2 unspecified atom stereocenters. The first kappa shape index (κ1) is 16.2. The second-order valence-electron chi connectivity index (χ2n) is 6.27. The summed E-state index contributed by atoms with van der Waals surface area (Å²) in [7, 11) is 0. The smallest absolute Gasteiger partial charge is 0.118 e. The van der Waals surface area contributed by atoms with Crippen molar-refractivity contribution in [2.75, 3.05) is 19.7 Å². The average molecular weight is 315 g/mol. The van der Waals surface area contributed by atoms with Gasteiger partial charge in [0, 0.05) is 19.7 Å². The molecule has 1 aromatic carbocycles. The van der Waals surface area contributed by atoms with Gasteiger partial charge in [0.1, 0.15) is 11.5 Å². The SMILES string of the molecule is Cc1ccc(CN(CC2CCCO2)CC(O)c2ccccc2)o1. The fraction of sp³-hybridized carbons (Fsp3) is 0.474. The van der Waals surface area contributed by atoms with Crippen molar-refractivity contribution >= 4 is 0 Å². The molecular weight excluding hydrogens is 290 g/mol. The van der Waals surface area contributed by atoms with E-state index < -0.39 is 6.10 Å². The fourth-order valence-electron chi connectivity index (χ4n) is 3.10. The van der Waals surface area contributed by atoms with Gasteiger partial charge in [-0.2, -0.15) is 0 Å². The van der Waals surface area contributed by atoms with Crippen LogP contribution >= 0.6 is 0 Å². The van der Waals surface area contributed by atoms with Gasteiger partial charge in [-0.3, -0.25) is 4.90 Å². The Labute approximate surface area is 137 Å². The van der Waals surface area contributed by atoms with E-state index in [-0.39, 0.29) is 6.10 Å². The molecule has 1 saturated heterocycles. The van der Waals surface area contributed by atoms with Crippen molar-refractivity contribution in [3.05, 3.63) is 59.5 Å². The summed E-state index contributed by atoms with van der Waals surface area (Å²) < 4.78 is 11.5. The Balaban J connectivity index is 1.66. The van der Waals surface area contributed by atoms with E-state index in [4.69, 9.17) is 9.15 Å². The summed E-state index contributed by atoms with van der Waals surface area (Å²) in [6, 6.07) is 13.8. The monoisotopic (exact) mass is 315 g/mol. The van der Waals surface area contributed by atoms with Crippen molar-refractivity contribution < 1.29 is 14.3 Å². The van der Waals surface area contributed by atoms with Gasteiger partial charge in [-0.05, 0) is 37.5 Å². The molecule has 2 atom stereocenters. The van der Waals surface area contributed by atoms with Gasteiger partial charge in [-0.1, -0.05) is 30.3 Å². The van der Waals surface area contributed by atoms with Crippen molar-refractivity contribution in [3.8, 4) is 0 Å². The number of hydrogen-bond donors (Lipinski definition) is 1. The van der Waals surface area contributed by atoms with Crippen LogP contribution in [0.3, 0.4) is 0 Å². The number of benzene rings is 1. The molecule has 3 rings (SSSR count). The standard InChI is InChI=1S/C19H25NO3/c1-15-9-10-18(23-15)13-20(12-17-8-5-11-22-17)14-19(21)16-6-3-2-4-7-16/h2-4,6-7,9-10,17,19,21H,5,8,11-14H2,1H3. The van der Waals surface area contributed by atoms with Crippen LogP contribution in [-0.4, -0.2) is 35.8 Å². The van der Waals surface area contributed by atoms with E-state index in [0.717, 1.165) is 43.1 Å². The molecule has 1 aliphatic heterocycles. The van der Waals surface area contributed by atoms with E-state index >= 15 is 0 Å². The number of rotatable bonds is 7. The maximum Gasteiger partial charge on any atom is 0.118 e. The molecule has 124 valence electrons. The maximum atomic E-state index is 10.5. The highest BCUT2D eigenvalue weighted by molar-refractivity contribution is 5.17. The second-order valence-corrected chi connectivity index (χ2v) is 6.27. The topological polar surface area (TPSA) is 45.8 Å². The summed E-state index contributed by atoms with van der Waals surface area (Å²) >= 11 is 0. The molecule has 23 heavy (non-hydrogen) atoms. The van der Waals surface area contributed by atoms with E-state index in [1.165, 1.54) is 0 Å². The molecular formula is C19H25NO3. The van der Waals surface area contributed by atoms with E-state index in [9.17, 15) is 5.11 Å². The molecule has 4 nitrogen and oxygen atoms in total. The van der Waals surface area contributed by atoms with Crippen molar-refractivity contribution in [3.63, 3.8) is 0 Å². The maximum absolute atomic E-state index is 10.5. The summed E-state index contributed by atoms with van der Waals surface area (Å²) in [6.07, 6.45) is 1.97. The Morgan fingerprint density at radius 2 is 2.04 bits per heavy atom. The lowest BCUT2D eigenvalue weighted by Crippen LogP contribution is -2.35. The van der Waals surface area contributed by atoms with Crippen LogP contribution in [0.15, 0.2) is 46.9 Å². The molecule has 0 bridgehead atoms. The minimum atomic E-state index is -0.506. The largest absolute Gasteiger partial charge is 0.465 e. The Bertz CT molecular complexity index is 590. The van der Waals surface area contributed by atoms with Gasteiger partial charge in [0.2, 0.25) is 0 Å². The van der Waals surface area contributed by atoms with Crippen molar-refractivity contribution in [1.29, 1.82) is 0 Å². The molecule has 2 heterocycles. The highest BCUT2D eigenvalue weighted by atomic mass is 16.5. The first-order valence-electron chi connectivity index (χ1n) is 8.33. The normalized spacial score (nSPS) is 19.3. The van der Waals surface area contributed by atoms with Crippen molar-refractivity contribution in [2.24, 2.45) is 0 Å². The summed E-state index contributed by atoms with van der Waals surface area (Å²) in [5, 5.41) is 10.5. The van der Waals surface area contributed by atoms with Crippen LogP contribution in [0.1, 0.15) is 36.0 Å². The number of nitrogens with zero attached hydrogens (tertiary/aromatic N) is 1. The van der Waals surface area contributed by atoms with Crippen LogP contribution in [0.2, 0.25) is 0 Å². The van der Waals surface area contributed by atoms with Crippen LogP contribution in [0.25, 0.3) is 0 Å². The van der Waals surface area contributed by atoms with Gasteiger partial charge in [0.25, 0.3) is 0 Å².